The first kappa shape index (κ1) is 19.9. The molecule has 144 valence electrons. The molecule has 0 spiro atoms. The quantitative estimate of drug-likeness (QED) is 0.398. The molecule has 2 fully saturated rings. The highest BCUT2D eigenvalue weighted by Gasteiger charge is 2.30. The van der Waals surface area contributed by atoms with Crippen LogP contribution in [0.1, 0.15) is 75.3 Å². The van der Waals surface area contributed by atoms with Crippen LogP contribution in [0.2, 0.25) is 0 Å². The second-order valence-corrected chi connectivity index (χ2v) is 8.39. The van der Waals surface area contributed by atoms with Crippen LogP contribution in [0.5, 0.6) is 0 Å². The van der Waals surface area contributed by atoms with E-state index in [1.807, 2.05) is 0 Å². The molecular formula is C25H32FN. The first-order valence-corrected chi connectivity index (χ1v) is 10.7. The number of rotatable bonds is 5. The van der Waals surface area contributed by atoms with Crippen LogP contribution in [0.3, 0.4) is 0 Å². The van der Waals surface area contributed by atoms with Crippen LogP contribution >= 0.6 is 0 Å². The molecule has 0 aliphatic heterocycles. The molecule has 0 amide bonds. The van der Waals surface area contributed by atoms with E-state index in [4.69, 9.17) is 5.26 Å². The number of benzene rings is 1. The van der Waals surface area contributed by atoms with Gasteiger partial charge in [0.2, 0.25) is 0 Å². The number of hydrogen-bond acceptors (Lipinski definition) is 1. The summed E-state index contributed by atoms with van der Waals surface area (Å²) in [5, 5.41) is 8.44. The first-order chi connectivity index (χ1) is 13.2. The SMILES string of the molecule is CCc1ccc([C@H]2CC[C@H]([C@H]3CC[C@H](C=CC=C(F)C#N)CC3)CC2)cc1. The molecule has 0 atom stereocenters. The zero-order valence-corrected chi connectivity index (χ0v) is 16.5. The van der Waals surface area contributed by atoms with E-state index in [2.05, 4.69) is 37.3 Å². The molecule has 1 aromatic carbocycles. The lowest BCUT2D eigenvalue weighted by Gasteiger charge is -2.37. The predicted molar refractivity (Wildman–Crippen MR) is 110 cm³/mol. The van der Waals surface area contributed by atoms with Crippen LogP contribution in [0.4, 0.5) is 4.39 Å². The summed E-state index contributed by atoms with van der Waals surface area (Å²) in [6.45, 7) is 2.21. The van der Waals surface area contributed by atoms with E-state index in [-0.39, 0.29) is 0 Å². The van der Waals surface area contributed by atoms with Gasteiger partial charge in [0.15, 0.2) is 5.83 Å². The van der Waals surface area contributed by atoms with Crippen molar-refractivity contribution in [3.63, 3.8) is 0 Å². The van der Waals surface area contributed by atoms with Crippen molar-refractivity contribution in [3.05, 3.63) is 59.4 Å². The standard InChI is InChI=1S/C25H32FN/c1-2-19-6-10-21(11-7-19)23-14-16-24(17-15-23)22-12-8-20(9-13-22)4-3-5-25(26)18-27/h3-7,10-11,20,22-24H,2,8-9,12-17H2,1H3/t20-,22-,23-,24-. The maximum Gasteiger partial charge on any atom is 0.199 e. The fourth-order valence-electron chi connectivity index (χ4n) is 5.09. The van der Waals surface area contributed by atoms with E-state index in [0.29, 0.717) is 5.92 Å². The third kappa shape index (κ3) is 5.55. The van der Waals surface area contributed by atoms with E-state index in [9.17, 15) is 4.39 Å². The van der Waals surface area contributed by atoms with Crippen molar-refractivity contribution < 1.29 is 4.39 Å². The molecule has 0 bridgehead atoms. The Kier molecular flexibility index (Phi) is 7.27. The van der Waals surface area contributed by atoms with Crippen molar-refractivity contribution >= 4 is 0 Å². The second-order valence-electron chi connectivity index (χ2n) is 8.39. The van der Waals surface area contributed by atoms with E-state index in [1.54, 1.807) is 6.08 Å². The van der Waals surface area contributed by atoms with Gasteiger partial charge in [-0.3, -0.25) is 0 Å². The normalized spacial score (nSPS) is 29.6. The molecule has 1 nitrogen and oxygen atoms in total. The first-order valence-electron chi connectivity index (χ1n) is 10.7. The van der Waals surface area contributed by atoms with E-state index < -0.39 is 5.83 Å². The molecule has 1 aromatic rings. The van der Waals surface area contributed by atoms with E-state index >= 15 is 0 Å². The van der Waals surface area contributed by atoms with E-state index in [1.165, 1.54) is 74.6 Å². The summed E-state index contributed by atoms with van der Waals surface area (Å²) in [7, 11) is 0. The van der Waals surface area contributed by atoms with Gasteiger partial charge in [0, 0.05) is 0 Å². The van der Waals surface area contributed by atoms with Gasteiger partial charge in [-0.1, -0.05) is 43.3 Å². The molecule has 0 radical (unpaired) electrons. The molecule has 2 heteroatoms. The zero-order chi connectivity index (χ0) is 19.1. The Hall–Kier alpha value is -1.88. The molecule has 0 heterocycles. The lowest BCUT2D eigenvalue weighted by Crippen LogP contribution is -2.25. The minimum Gasteiger partial charge on any atom is -0.195 e. The minimum atomic E-state index is -0.707. The molecule has 27 heavy (non-hydrogen) atoms. The number of nitriles is 1. The van der Waals surface area contributed by atoms with Crippen LogP contribution in [0.15, 0.2) is 48.3 Å². The molecule has 0 aromatic heterocycles. The van der Waals surface area contributed by atoms with Crippen molar-refractivity contribution in [1.82, 2.24) is 0 Å². The maximum atomic E-state index is 12.8. The second kappa shape index (κ2) is 9.88. The third-order valence-electron chi connectivity index (χ3n) is 6.85. The van der Waals surface area contributed by atoms with Crippen LogP contribution in [-0.4, -0.2) is 0 Å². The summed E-state index contributed by atoms with van der Waals surface area (Å²) in [4.78, 5) is 0. The highest BCUT2D eigenvalue weighted by molar-refractivity contribution is 5.25. The molecule has 3 rings (SSSR count). The molecule has 0 unspecified atom stereocenters. The fraction of sp³-hybridized carbons (Fsp3) is 0.560. The monoisotopic (exact) mass is 365 g/mol. The predicted octanol–water partition coefficient (Wildman–Crippen LogP) is 7.26. The molecule has 2 aliphatic rings. The van der Waals surface area contributed by atoms with E-state index in [0.717, 1.165) is 24.2 Å². The van der Waals surface area contributed by atoms with Gasteiger partial charge in [-0.25, -0.2) is 0 Å². The van der Waals surface area contributed by atoms with Gasteiger partial charge in [-0.15, -0.1) is 0 Å². The number of aryl methyl sites for hydroxylation is 1. The Balaban J connectivity index is 1.43. The van der Waals surface area contributed by atoms with Gasteiger partial charge in [-0.2, -0.15) is 9.65 Å². The lowest BCUT2D eigenvalue weighted by atomic mass is 9.68. The Morgan fingerprint density at radius 2 is 1.59 bits per heavy atom. The summed E-state index contributed by atoms with van der Waals surface area (Å²) < 4.78 is 12.8. The highest BCUT2D eigenvalue weighted by atomic mass is 19.1. The minimum absolute atomic E-state index is 0.553. The molecule has 0 saturated heterocycles. The maximum absolute atomic E-state index is 12.8. The van der Waals surface area contributed by atoms with Crippen molar-refractivity contribution in [2.75, 3.05) is 0 Å². The average Bonchev–Trinajstić information content (AvgIpc) is 2.74. The van der Waals surface area contributed by atoms with Crippen LogP contribution in [-0.2, 0) is 6.42 Å². The smallest absolute Gasteiger partial charge is 0.195 e. The number of allylic oxidation sites excluding steroid dienone is 4. The van der Waals surface area contributed by atoms with Gasteiger partial charge in [0.1, 0.15) is 6.07 Å². The highest BCUT2D eigenvalue weighted by Crippen LogP contribution is 2.44. The number of hydrogen-bond donors (Lipinski definition) is 0. The van der Waals surface area contributed by atoms with Crippen molar-refractivity contribution in [2.45, 2.75) is 70.6 Å². The summed E-state index contributed by atoms with van der Waals surface area (Å²) in [6, 6.07) is 10.8. The Bertz CT molecular complexity index is 678. The number of nitrogens with zero attached hydrogens (tertiary/aromatic N) is 1. The van der Waals surface area contributed by atoms with Crippen LogP contribution < -0.4 is 0 Å². The van der Waals surface area contributed by atoms with Gasteiger partial charge >= 0.3 is 0 Å². The van der Waals surface area contributed by atoms with Gasteiger partial charge < -0.3 is 0 Å². The summed E-state index contributed by atoms with van der Waals surface area (Å²) >= 11 is 0. The summed E-state index contributed by atoms with van der Waals surface area (Å²) in [6.07, 6.45) is 16.7. The van der Waals surface area contributed by atoms with Gasteiger partial charge in [0.25, 0.3) is 0 Å². The largest absolute Gasteiger partial charge is 0.199 e. The molecule has 0 N–H and O–H groups in total. The fourth-order valence-corrected chi connectivity index (χ4v) is 5.09. The van der Waals surface area contributed by atoms with Crippen molar-refractivity contribution in [1.29, 1.82) is 5.26 Å². The van der Waals surface area contributed by atoms with Crippen LogP contribution in [0, 0.1) is 29.1 Å². The summed E-state index contributed by atoms with van der Waals surface area (Å²) in [5.41, 5.74) is 2.97. The molecular weight excluding hydrogens is 333 g/mol. The average molecular weight is 366 g/mol. The lowest BCUT2D eigenvalue weighted by molar-refractivity contribution is 0.171. The summed E-state index contributed by atoms with van der Waals surface area (Å²) in [5.74, 6) is 2.38. The molecule has 2 saturated carbocycles. The van der Waals surface area contributed by atoms with Crippen molar-refractivity contribution in [3.8, 4) is 6.07 Å². The third-order valence-corrected chi connectivity index (χ3v) is 6.85. The Morgan fingerprint density at radius 1 is 1.00 bits per heavy atom. The van der Waals surface area contributed by atoms with Crippen molar-refractivity contribution in [2.24, 2.45) is 17.8 Å². The zero-order valence-electron chi connectivity index (χ0n) is 16.5. The Morgan fingerprint density at radius 3 is 2.15 bits per heavy atom. The number of halogens is 1. The molecule has 2 aliphatic carbocycles. The van der Waals surface area contributed by atoms with Gasteiger partial charge in [0.05, 0.1) is 0 Å². The van der Waals surface area contributed by atoms with Gasteiger partial charge in [-0.05, 0) is 98.7 Å². The van der Waals surface area contributed by atoms with Crippen LogP contribution in [0.25, 0.3) is 0 Å². The topological polar surface area (TPSA) is 23.8 Å². The Labute approximate surface area is 164 Å².